The predicted octanol–water partition coefficient (Wildman–Crippen LogP) is 1.09. The highest BCUT2D eigenvalue weighted by Gasteiger charge is 2.16. The molecule has 1 unspecified atom stereocenters. The lowest BCUT2D eigenvalue weighted by atomic mass is 10.1. The summed E-state index contributed by atoms with van der Waals surface area (Å²) in [4.78, 5) is 15.2. The van der Waals surface area contributed by atoms with Crippen LogP contribution in [0.15, 0.2) is 12.1 Å². The number of nitrogens with two attached hydrogens (primary N) is 1. The van der Waals surface area contributed by atoms with Gasteiger partial charge in [-0.1, -0.05) is 17.7 Å². The van der Waals surface area contributed by atoms with Gasteiger partial charge in [0.1, 0.15) is 11.2 Å². The van der Waals surface area contributed by atoms with E-state index in [1.165, 1.54) is 7.11 Å². The zero-order chi connectivity index (χ0) is 11.4. The monoisotopic (exact) mass is 228 g/mol. The maximum Gasteiger partial charge on any atom is 0.322 e. The average molecular weight is 229 g/mol. The van der Waals surface area contributed by atoms with Gasteiger partial charge in [-0.2, -0.15) is 0 Å². The van der Waals surface area contributed by atoms with Gasteiger partial charge >= 0.3 is 5.97 Å². The van der Waals surface area contributed by atoms with Crippen molar-refractivity contribution in [2.45, 2.75) is 19.4 Å². The molecule has 1 rings (SSSR count). The van der Waals surface area contributed by atoms with Gasteiger partial charge in [-0.3, -0.25) is 4.79 Å². The van der Waals surface area contributed by atoms with Gasteiger partial charge in [0.25, 0.3) is 0 Å². The quantitative estimate of drug-likeness (QED) is 0.621. The molecule has 0 aliphatic rings. The van der Waals surface area contributed by atoms with E-state index in [0.29, 0.717) is 11.6 Å². The van der Waals surface area contributed by atoms with Gasteiger partial charge in [0.05, 0.1) is 7.11 Å². The van der Waals surface area contributed by atoms with Crippen molar-refractivity contribution >= 4 is 17.6 Å². The molecule has 5 heteroatoms. The van der Waals surface area contributed by atoms with Gasteiger partial charge in [-0.25, -0.2) is 4.98 Å². The molecule has 2 N–H and O–H groups in total. The SMILES string of the molecule is COC(=O)C(N)Cc1ccc(C)nc1Cl. The van der Waals surface area contributed by atoms with E-state index < -0.39 is 12.0 Å². The van der Waals surface area contributed by atoms with E-state index in [1.807, 2.05) is 19.1 Å². The first-order valence-corrected chi connectivity index (χ1v) is 4.88. The second-order valence-electron chi connectivity index (χ2n) is 3.24. The van der Waals surface area contributed by atoms with Crippen molar-refractivity contribution in [3.05, 3.63) is 28.5 Å². The van der Waals surface area contributed by atoms with Crippen molar-refractivity contribution in [1.82, 2.24) is 4.98 Å². The topological polar surface area (TPSA) is 65.2 Å². The number of methoxy groups -OCH3 is 1. The number of esters is 1. The van der Waals surface area contributed by atoms with Crippen LogP contribution in [0.1, 0.15) is 11.3 Å². The fourth-order valence-corrected chi connectivity index (χ4v) is 1.45. The highest BCUT2D eigenvalue weighted by molar-refractivity contribution is 6.30. The summed E-state index contributed by atoms with van der Waals surface area (Å²) in [6, 6.07) is 2.94. The second-order valence-corrected chi connectivity index (χ2v) is 3.59. The highest BCUT2D eigenvalue weighted by Crippen LogP contribution is 2.15. The van der Waals surface area contributed by atoms with Crippen molar-refractivity contribution < 1.29 is 9.53 Å². The van der Waals surface area contributed by atoms with Crippen LogP contribution >= 0.6 is 11.6 Å². The van der Waals surface area contributed by atoms with E-state index >= 15 is 0 Å². The standard InChI is InChI=1S/C10H13ClN2O2/c1-6-3-4-7(9(11)13-6)5-8(12)10(14)15-2/h3-4,8H,5,12H2,1-2H3. The Hall–Kier alpha value is -1.13. The number of rotatable bonds is 3. The van der Waals surface area contributed by atoms with Crippen LogP contribution in [-0.4, -0.2) is 24.1 Å². The molecule has 1 heterocycles. The summed E-state index contributed by atoms with van der Waals surface area (Å²) >= 11 is 5.90. The number of hydrogen-bond donors (Lipinski definition) is 1. The number of aryl methyl sites for hydroxylation is 1. The normalized spacial score (nSPS) is 12.3. The molecule has 0 saturated carbocycles. The lowest BCUT2D eigenvalue weighted by Gasteiger charge is -2.10. The maximum atomic E-state index is 11.1. The van der Waals surface area contributed by atoms with Crippen LogP contribution in [0.4, 0.5) is 0 Å². The van der Waals surface area contributed by atoms with Crippen LogP contribution in [0.3, 0.4) is 0 Å². The number of carbonyl (C=O) groups is 1. The Bertz CT molecular complexity index is 368. The fraction of sp³-hybridized carbons (Fsp3) is 0.400. The lowest BCUT2D eigenvalue weighted by molar-refractivity contribution is -0.142. The summed E-state index contributed by atoms with van der Waals surface area (Å²) in [5.41, 5.74) is 7.18. The van der Waals surface area contributed by atoms with E-state index in [9.17, 15) is 4.79 Å². The van der Waals surface area contributed by atoms with Gasteiger partial charge in [0.15, 0.2) is 0 Å². The molecule has 4 nitrogen and oxygen atoms in total. The summed E-state index contributed by atoms with van der Waals surface area (Å²) < 4.78 is 4.52. The molecule has 0 aliphatic heterocycles. The van der Waals surface area contributed by atoms with Gasteiger partial charge < -0.3 is 10.5 Å². The van der Waals surface area contributed by atoms with E-state index in [4.69, 9.17) is 17.3 Å². The molecule has 0 aromatic carbocycles. The van der Waals surface area contributed by atoms with Crippen LogP contribution in [-0.2, 0) is 16.0 Å². The number of aromatic nitrogens is 1. The molecule has 0 amide bonds. The molecule has 0 radical (unpaired) electrons. The molecule has 1 atom stereocenters. The molecular formula is C10H13ClN2O2. The Morgan fingerprint density at radius 3 is 2.87 bits per heavy atom. The first kappa shape index (κ1) is 11.9. The Balaban J connectivity index is 2.76. The van der Waals surface area contributed by atoms with Crippen molar-refractivity contribution in [2.75, 3.05) is 7.11 Å². The minimum Gasteiger partial charge on any atom is -0.468 e. The number of ether oxygens (including phenoxy) is 1. The van der Waals surface area contributed by atoms with E-state index in [1.54, 1.807) is 0 Å². The Kier molecular flexibility index (Phi) is 4.05. The first-order valence-electron chi connectivity index (χ1n) is 4.50. The van der Waals surface area contributed by atoms with Crippen molar-refractivity contribution in [2.24, 2.45) is 5.73 Å². The van der Waals surface area contributed by atoms with Crippen LogP contribution in [0.5, 0.6) is 0 Å². The Morgan fingerprint density at radius 2 is 2.33 bits per heavy atom. The third kappa shape index (κ3) is 3.18. The molecule has 0 saturated heterocycles. The highest BCUT2D eigenvalue weighted by atomic mass is 35.5. The molecule has 0 aliphatic carbocycles. The zero-order valence-corrected chi connectivity index (χ0v) is 9.41. The largest absolute Gasteiger partial charge is 0.468 e. The summed E-state index contributed by atoms with van der Waals surface area (Å²) in [7, 11) is 1.30. The second kappa shape index (κ2) is 5.09. The smallest absolute Gasteiger partial charge is 0.322 e. The van der Waals surface area contributed by atoms with Gasteiger partial charge in [-0.15, -0.1) is 0 Å². The molecule has 0 bridgehead atoms. The number of halogens is 1. The van der Waals surface area contributed by atoms with Crippen LogP contribution < -0.4 is 5.73 Å². The summed E-state index contributed by atoms with van der Waals surface area (Å²) in [5, 5.41) is 0.384. The maximum absolute atomic E-state index is 11.1. The van der Waals surface area contributed by atoms with Crippen LogP contribution in [0.25, 0.3) is 0 Å². The van der Waals surface area contributed by atoms with Crippen molar-refractivity contribution in [1.29, 1.82) is 0 Å². The minimum absolute atomic E-state index is 0.332. The minimum atomic E-state index is -0.697. The van der Waals surface area contributed by atoms with Crippen LogP contribution in [0.2, 0.25) is 5.15 Å². The fourth-order valence-electron chi connectivity index (χ4n) is 1.18. The number of hydrogen-bond acceptors (Lipinski definition) is 4. The molecule has 82 valence electrons. The first-order chi connectivity index (χ1) is 7.04. The molecular weight excluding hydrogens is 216 g/mol. The average Bonchev–Trinajstić information content (AvgIpc) is 2.20. The van der Waals surface area contributed by atoms with E-state index in [0.717, 1.165) is 11.3 Å². The number of nitrogens with zero attached hydrogens (tertiary/aromatic N) is 1. The molecule has 0 fully saturated rings. The molecule has 1 aromatic rings. The van der Waals surface area contributed by atoms with Gasteiger partial charge in [0.2, 0.25) is 0 Å². The Labute approximate surface area is 93.4 Å². The van der Waals surface area contributed by atoms with Crippen molar-refractivity contribution in [3.63, 3.8) is 0 Å². The molecule has 1 aromatic heterocycles. The summed E-state index contributed by atoms with van der Waals surface area (Å²) in [6.45, 7) is 1.84. The molecule has 0 spiro atoms. The predicted molar refractivity (Wildman–Crippen MR) is 57.7 cm³/mol. The van der Waals surface area contributed by atoms with Gasteiger partial charge in [-0.05, 0) is 18.6 Å². The lowest BCUT2D eigenvalue weighted by Crippen LogP contribution is -2.33. The third-order valence-electron chi connectivity index (χ3n) is 2.01. The molecule has 15 heavy (non-hydrogen) atoms. The summed E-state index contributed by atoms with van der Waals surface area (Å²) in [6.07, 6.45) is 0.332. The van der Waals surface area contributed by atoms with Gasteiger partial charge in [0, 0.05) is 12.1 Å². The van der Waals surface area contributed by atoms with Crippen LogP contribution in [0, 0.1) is 6.92 Å². The van der Waals surface area contributed by atoms with Crippen molar-refractivity contribution in [3.8, 4) is 0 Å². The van der Waals surface area contributed by atoms with E-state index in [2.05, 4.69) is 9.72 Å². The van der Waals surface area contributed by atoms with E-state index in [-0.39, 0.29) is 0 Å². The number of carbonyl (C=O) groups excluding carboxylic acids is 1. The third-order valence-corrected chi connectivity index (χ3v) is 2.34. The summed E-state index contributed by atoms with van der Waals surface area (Å²) in [5.74, 6) is -0.452. The zero-order valence-electron chi connectivity index (χ0n) is 8.66. The number of pyridine rings is 1. The Morgan fingerprint density at radius 1 is 1.67 bits per heavy atom.